The molecular weight excluding hydrogens is 192 g/mol. The minimum absolute atomic E-state index is 0.567. The molecule has 0 saturated heterocycles. The van der Waals surface area contributed by atoms with Crippen molar-refractivity contribution in [1.82, 2.24) is 24.7 Å². The van der Waals surface area contributed by atoms with Gasteiger partial charge < -0.3 is 5.32 Å². The van der Waals surface area contributed by atoms with Gasteiger partial charge in [-0.2, -0.15) is 5.10 Å². The predicted octanol–water partition coefficient (Wildman–Crippen LogP) is 0.526. The molecule has 15 heavy (non-hydrogen) atoms. The fourth-order valence-electron chi connectivity index (χ4n) is 1.19. The van der Waals surface area contributed by atoms with Crippen molar-refractivity contribution in [2.45, 2.75) is 13.5 Å². The molecule has 1 N–H and O–H groups in total. The first-order chi connectivity index (χ1) is 7.24. The Morgan fingerprint density at radius 2 is 2.27 bits per heavy atom. The average molecular weight is 204 g/mol. The molecule has 2 aromatic rings. The van der Waals surface area contributed by atoms with Crippen LogP contribution in [0.25, 0.3) is 0 Å². The summed E-state index contributed by atoms with van der Waals surface area (Å²) in [7, 11) is 1.84. The zero-order valence-corrected chi connectivity index (χ0v) is 8.68. The van der Waals surface area contributed by atoms with E-state index in [2.05, 4.69) is 25.4 Å². The number of nitrogens with one attached hydrogen (secondary N) is 1. The van der Waals surface area contributed by atoms with E-state index in [4.69, 9.17) is 0 Å². The predicted molar refractivity (Wildman–Crippen MR) is 55.1 cm³/mol. The Labute approximate surface area is 87.4 Å². The van der Waals surface area contributed by atoms with Gasteiger partial charge in [-0.25, -0.2) is 15.0 Å². The van der Waals surface area contributed by atoms with Gasteiger partial charge in [0.2, 0.25) is 0 Å². The first kappa shape index (κ1) is 9.57. The summed E-state index contributed by atoms with van der Waals surface area (Å²) in [6.45, 7) is 2.42. The van der Waals surface area contributed by atoms with Crippen LogP contribution in [0.15, 0.2) is 18.6 Å². The summed E-state index contributed by atoms with van der Waals surface area (Å²) < 4.78 is 1.67. The lowest BCUT2D eigenvalue weighted by molar-refractivity contribution is 0.746. The van der Waals surface area contributed by atoms with E-state index in [-0.39, 0.29) is 0 Å². The molecule has 2 heterocycles. The molecule has 0 radical (unpaired) electrons. The van der Waals surface area contributed by atoms with Crippen LogP contribution in [0.4, 0.5) is 5.82 Å². The lowest BCUT2D eigenvalue weighted by Crippen LogP contribution is -2.04. The van der Waals surface area contributed by atoms with Gasteiger partial charge in [-0.05, 0) is 13.0 Å². The number of hydrogen-bond acceptors (Lipinski definition) is 5. The van der Waals surface area contributed by atoms with Crippen LogP contribution in [-0.2, 0) is 13.6 Å². The van der Waals surface area contributed by atoms with Crippen molar-refractivity contribution in [3.05, 3.63) is 30.2 Å². The van der Waals surface area contributed by atoms with E-state index >= 15 is 0 Å². The molecule has 0 aromatic carbocycles. The van der Waals surface area contributed by atoms with Gasteiger partial charge in [0.15, 0.2) is 5.82 Å². The summed E-state index contributed by atoms with van der Waals surface area (Å²) in [6.07, 6.45) is 3.39. The molecule has 0 saturated carbocycles. The van der Waals surface area contributed by atoms with Crippen LogP contribution in [0.1, 0.15) is 11.6 Å². The average Bonchev–Trinajstić information content (AvgIpc) is 2.62. The van der Waals surface area contributed by atoms with Crippen molar-refractivity contribution in [2.24, 2.45) is 7.05 Å². The monoisotopic (exact) mass is 204 g/mol. The third kappa shape index (κ3) is 2.49. The smallest absolute Gasteiger partial charge is 0.169 e. The van der Waals surface area contributed by atoms with Crippen molar-refractivity contribution in [1.29, 1.82) is 0 Å². The highest BCUT2D eigenvalue weighted by Crippen LogP contribution is 2.02. The largest absolute Gasteiger partial charge is 0.363 e. The van der Waals surface area contributed by atoms with Gasteiger partial charge in [-0.15, -0.1) is 0 Å². The Kier molecular flexibility index (Phi) is 2.57. The van der Waals surface area contributed by atoms with Crippen LogP contribution in [0, 0.1) is 6.92 Å². The van der Waals surface area contributed by atoms with Crippen LogP contribution in [0.2, 0.25) is 0 Å². The van der Waals surface area contributed by atoms with Gasteiger partial charge >= 0.3 is 0 Å². The minimum atomic E-state index is 0.567. The summed E-state index contributed by atoms with van der Waals surface area (Å²) in [4.78, 5) is 12.3. The molecule has 6 nitrogen and oxygen atoms in total. The van der Waals surface area contributed by atoms with Gasteiger partial charge in [0.1, 0.15) is 18.0 Å². The highest BCUT2D eigenvalue weighted by atomic mass is 15.3. The highest BCUT2D eigenvalue weighted by molar-refractivity contribution is 5.32. The second-order valence-corrected chi connectivity index (χ2v) is 3.18. The highest BCUT2D eigenvalue weighted by Gasteiger charge is 1.99. The zero-order valence-electron chi connectivity index (χ0n) is 8.68. The van der Waals surface area contributed by atoms with Crippen molar-refractivity contribution in [2.75, 3.05) is 5.32 Å². The molecule has 6 heteroatoms. The van der Waals surface area contributed by atoms with Gasteiger partial charge in [-0.3, -0.25) is 4.68 Å². The molecule has 2 rings (SSSR count). The molecular formula is C9H12N6. The molecule has 0 aliphatic carbocycles. The Bertz CT molecular complexity index is 449. The molecule has 0 fully saturated rings. The molecule has 0 atom stereocenters. The Morgan fingerprint density at radius 1 is 1.40 bits per heavy atom. The maximum Gasteiger partial charge on any atom is 0.169 e. The van der Waals surface area contributed by atoms with Crippen molar-refractivity contribution < 1.29 is 0 Å². The summed E-state index contributed by atoms with van der Waals surface area (Å²) in [6, 6.07) is 1.82. The fourth-order valence-corrected chi connectivity index (χ4v) is 1.19. The summed E-state index contributed by atoms with van der Waals surface area (Å²) in [5.74, 6) is 2.28. The Morgan fingerprint density at radius 3 is 2.93 bits per heavy atom. The lowest BCUT2D eigenvalue weighted by atomic mass is 10.5. The summed E-state index contributed by atoms with van der Waals surface area (Å²) in [5.41, 5.74) is 0. The maximum atomic E-state index is 4.21. The number of anilines is 1. The van der Waals surface area contributed by atoms with Crippen molar-refractivity contribution in [3.63, 3.8) is 0 Å². The van der Waals surface area contributed by atoms with E-state index in [9.17, 15) is 0 Å². The number of nitrogens with zero attached hydrogens (tertiary/aromatic N) is 5. The number of hydrogen-bond donors (Lipinski definition) is 1. The molecule has 2 aromatic heterocycles. The van der Waals surface area contributed by atoms with Gasteiger partial charge in [0, 0.05) is 13.2 Å². The van der Waals surface area contributed by atoms with E-state index in [0.717, 1.165) is 17.5 Å². The fraction of sp³-hybridized carbons (Fsp3) is 0.333. The molecule has 0 unspecified atom stereocenters. The normalized spacial score (nSPS) is 10.3. The summed E-state index contributed by atoms with van der Waals surface area (Å²) >= 11 is 0. The van der Waals surface area contributed by atoms with Gasteiger partial charge in [0.05, 0.1) is 6.54 Å². The number of aromatic nitrogens is 5. The maximum absolute atomic E-state index is 4.21. The minimum Gasteiger partial charge on any atom is -0.363 e. The third-order valence-corrected chi connectivity index (χ3v) is 1.85. The summed E-state index contributed by atoms with van der Waals surface area (Å²) in [5, 5.41) is 7.27. The number of rotatable bonds is 3. The quantitative estimate of drug-likeness (QED) is 0.789. The molecule has 0 amide bonds. The Balaban J connectivity index is 1.99. The first-order valence-electron chi connectivity index (χ1n) is 4.62. The van der Waals surface area contributed by atoms with Crippen molar-refractivity contribution >= 4 is 5.82 Å². The third-order valence-electron chi connectivity index (χ3n) is 1.85. The Hall–Kier alpha value is -1.98. The number of aryl methyl sites for hydroxylation is 2. The van der Waals surface area contributed by atoms with E-state index in [1.165, 1.54) is 0 Å². The standard InChI is InChI=1S/C9H12N6/c1-7-10-4-3-8(13-7)11-5-9-12-6-15(2)14-9/h3-4,6H,5H2,1-2H3,(H,10,11,13). The van der Waals surface area contributed by atoms with Gasteiger partial charge in [0.25, 0.3) is 0 Å². The van der Waals surface area contributed by atoms with E-state index < -0.39 is 0 Å². The van der Waals surface area contributed by atoms with Crippen LogP contribution >= 0.6 is 0 Å². The molecule has 78 valence electrons. The molecule has 0 spiro atoms. The second-order valence-electron chi connectivity index (χ2n) is 3.18. The molecule has 0 aliphatic rings. The SMILES string of the molecule is Cc1nccc(NCc2ncn(C)n2)n1. The van der Waals surface area contributed by atoms with Crippen molar-refractivity contribution in [3.8, 4) is 0 Å². The first-order valence-corrected chi connectivity index (χ1v) is 4.62. The van der Waals surface area contributed by atoms with E-state index in [1.54, 1.807) is 17.2 Å². The lowest BCUT2D eigenvalue weighted by Gasteiger charge is -2.02. The van der Waals surface area contributed by atoms with E-state index in [1.807, 2.05) is 20.0 Å². The second kappa shape index (κ2) is 4.04. The van der Waals surface area contributed by atoms with Gasteiger partial charge in [-0.1, -0.05) is 0 Å². The van der Waals surface area contributed by atoms with Crippen LogP contribution in [0.3, 0.4) is 0 Å². The van der Waals surface area contributed by atoms with Crippen LogP contribution < -0.4 is 5.32 Å². The van der Waals surface area contributed by atoms with Crippen LogP contribution in [-0.4, -0.2) is 24.7 Å². The zero-order chi connectivity index (χ0) is 10.7. The van der Waals surface area contributed by atoms with Crippen LogP contribution in [0.5, 0.6) is 0 Å². The topological polar surface area (TPSA) is 68.5 Å². The molecule has 0 aliphatic heterocycles. The van der Waals surface area contributed by atoms with E-state index in [0.29, 0.717) is 6.54 Å². The molecule has 0 bridgehead atoms.